The molecule has 0 aliphatic carbocycles. The van der Waals surface area contributed by atoms with E-state index in [1.165, 1.54) is 18.2 Å². The Morgan fingerprint density at radius 2 is 1.85 bits per heavy atom. The Bertz CT molecular complexity index is 653. The fourth-order valence-electron chi connectivity index (χ4n) is 1.84. The Hall–Kier alpha value is -1.94. The van der Waals surface area contributed by atoms with Gasteiger partial charge in [-0.2, -0.15) is 0 Å². The average Bonchev–Trinajstić information content (AvgIpc) is 2.43. The first-order chi connectivity index (χ1) is 9.51. The molecular formula is C16H17NO2S. The van der Waals surface area contributed by atoms with Crippen LogP contribution in [0.2, 0.25) is 0 Å². The highest BCUT2D eigenvalue weighted by Gasteiger charge is 2.14. The lowest BCUT2D eigenvalue weighted by atomic mass is 10.2. The standard InChI is InChI=1S/C16H17NO2S/c1-10-4-5-11(2)15(8-10)20-14-7-6-12(17)9-13(14)16(18)19-3/h4-9H,17H2,1-3H3. The first kappa shape index (κ1) is 14.5. The molecule has 0 heterocycles. The van der Waals surface area contributed by atoms with Crippen LogP contribution in [0, 0.1) is 13.8 Å². The van der Waals surface area contributed by atoms with Gasteiger partial charge >= 0.3 is 5.97 Å². The highest BCUT2D eigenvalue weighted by atomic mass is 32.2. The third kappa shape index (κ3) is 3.14. The summed E-state index contributed by atoms with van der Waals surface area (Å²) in [5, 5.41) is 0. The molecule has 0 spiro atoms. The van der Waals surface area contributed by atoms with Crippen molar-refractivity contribution in [3.05, 3.63) is 53.1 Å². The van der Waals surface area contributed by atoms with Crippen LogP contribution in [-0.4, -0.2) is 13.1 Å². The number of carbonyl (C=O) groups is 1. The Balaban J connectivity index is 2.43. The normalized spacial score (nSPS) is 10.3. The minimum atomic E-state index is -0.370. The van der Waals surface area contributed by atoms with Gasteiger partial charge in [0.25, 0.3) is 0 Å². The highest BCUT2D eigenvalue weighted by molar-refractivity contribution is 7.99. The van der Waals surface area contributed by atoms with E-state index in [1.807, 2.05) is 13.0 Å². The topological polar surface area (TPSA) is 52.3 Å². The summed E-state index contributed by atoms with van der Waals surface area (Å²) in [4.78, 5) is 13.8. The molecule has 2 aromatic carbocycles. The fourth-order valence-corrected chi connectivity index (χ4v) is 2.94. The van der Waals surface area contributed by atoms with Crippen LogP contribution in [0.5, 0.6) is 0 Å². The quantitative estimate of drug-likeness (QED) is 0.688. The van der Waals surface area contributed by atoms with E-state index in [-0.39, 0.29) is 5.97 Å². The van der Waals surface area contributed by atoms with Crippen LogP contribution in [0.1, 0.15) is 21.5 Å². The van der Waals surface area contributed by atoms with E-state index in [0.29, 0.717) is 11.3 Å². The summed E-state index contributed by atoms with van der Waals surface area (Å²) in [6, 6.07) is 11.6. The molecule has 0 radical (unpaired) electrons. The molecule has 20 heavy (non-hydrogen) atoms. The second-order valence-corrected chi connectivity index (χ2v) is 5.70. The molecule has 0 saturated heterocycles. The van der Waals surface area contributed by atoms with Gasteiger partial charge in [-0.3, -0.25) is 0 Å². The number of rotatable bonds is 3. The first-order valence-corrected chi connectivity index (χ1v) is 7.06. The van der Waals surface area contributed by atoms with E-state index in [9.17, 15) is 4.79 Å². The van der Waals surface area contributed by atoms with Crippen molar-refractivity contribution in [1.29, 1.82) is 0 Å². The average molecular weight is 287 g/mol. The van der Waals surface area contributed by atoms with E-state index in [4.69, 9.17) is 10.5 Å². The molecule has 0 aliphatic heterocycles. The summed E-state index contributed by atoms with van der Waals surface area (Å²) in [6.07, 6.45) is 0. The predicted octanol–water partition coefficient (Wildman–Crippen LogP) is 3.82. The molecule has 4 heteroatoms. The van der Waals surface area contributed by atoms with Crippen LogP contribution in [0.3, 0.4) is 0 Å². The van der Waals surface area contributed by atoms with Gasteiger partial charge in [-0.25, -0.2) is 4.79 Å². The molecular weight excluding hydrogens is 270 g/mol. The number of benzene rings is 2. The largest absolute Gasteiger partial charge is 0.465 e. The summed E-state index contributed by atoms with van der Waals surface area (Å²) in [5.74, 6) is -0.370. The predicted molar refractivity (Wildman–Crippen MR) is 82.2 cm³/mol. The van der Waals surface area contributed by atoms with E-state index in [1.54, 1.807) is 23.9 Å². The van der Waals surface area contributed by atoms with Crippen molar-refractivity contribution in [3.8, 4) is 0 Å². The van der Waals surface area contributed by atoms with Gasteiger partial charge in [0, 0.05) is 15.5 Å². The van der Waals surface area contributed by atoms with Crippen LogP contribution in [-0.2, 0) is 4.74 Å². The van der Waals surface area contributed by atoms with Gasteiger partial charge in [-0.15, -0.1) is 0 Å². The van der Waals surface area contributed by atoms with Gasteiger partial charge in [0.05, 0.1) is 12.7 Å². The number of anilines is 1. The molecule has 0 bridgehead atoms. The van der Waals surface area contributed by atoms with Crippen molar-refractivity contribution in [3.63, 3.8) is 0 Å². The number of esters is 1. The van der Waals surface area contributed by atoms with Gasteiger partial charge in [-0.1, -0.05) is 23.9 Å². The number of ether oxygens (including phenoxy) is 1. The highest BCUT2D eigenvalue weighted by Crippen LogP contribution is 2.34. The third-order valence-electron chi connectivity index (χ3n) is 2.97. The zero-order valence-electron chi connectivity index (χ0n) is 11.8. The lowest BCUT2D eigenvalue weighted by Crippen LogP contribution is -2.04. The Morgan fingerprint density at radius 1 is 1.10 bits per heavy atom. The second-order valence-electron chi connectivity index (χ2n) is 4.62. The molecule has 104 valence electrons. The summed E-state index contributed by atoms with van der Waals surface area (Å²) in [5.41, 5.74) is 9.16. The van der Waals surface area contributed by atoms with Crippen LogP contribution in [0.25, 0.3) is 0 Å². The van der Waals surface area contributed by atoms with Crippen LogP contribution in [0.15, 0.2) is 46.2 Å². The van der Waals surface area contributed by atoms with E-state index >= 15 is 0 Å². The maximum absolute atomic E-state index is 11.8. The molecule has 2 rings (SSSR count). The Kier molecular flexibility index (Phi) is 4.35. The summed E-state index contributed by atoms with van der Waals surface area (Å²) >= 11 is 1.55. The van der Waals surface area contributed by atoms with Gasteiger partial charge in [-0.05, 0) is 49.2 Å². The van der Waals surface area contributed by atoms with Crippen molar-refractivity contribution in [2.24, 2.45) is 0 Å². The molecule has 3 nitrogen and oxygen atoms in total. The smallest absolute Gasteiger partial charge is 0.339 e. The van der Waals surface area contributed by atoms with E-state index in [2.05, 4.69) is 25.1 Å². The summed E-state index contributed by atoms with van der Waals surface area (Å²) in [6.45, 7) is 4.10. The lowest BCUT2D eigenvalue weighted by Gasteiger charge is -2.11. The minimum absolute atomic E-state index is 0.370. The van der Waals surface area contributed by atoms with Crippen LogP contribution < -0.4 is 5.73 Å². The third-order valence-corrected chi connectivity index (χ3v) is 4.21. The number of methoxy groups -OCH3 is 1. The van der Waals surface area contributed by atoms with Crippen molar-refractivity contribution in [2.75, 3.05) is 12.8 Å². The molecule has 0 fully saturated rings. The molecule has 0 unspecified atom stereocenters. The molecule has 0 saturated carbocycles. The molecule has 0 aliphatic rings. The van der Waals surface area contributed by atoms with Gasteiger partial charge in [0.2, 0.25) is 0 Å². The Labute approximate surface area is 123 Å². The summed E-state index contributed by atoms with van der Waals surface area (Å²) in [7, 11) is 1.37. The van der Waals surface area contributed by atoms with E-state index < -0.39 is 0 Å². The number of hydrogen-bond donors (Lipinski definition) is 1. The number of nitrogens with two attached hydrogens (primary N) is 1. The second kappa shape index (κ2) is 6.01. The SMILES string of the molecule is COC(=O)c1cc(N)ccc1Sc1cc(C)ccc1C. The number of nitrogen functional groups attached to an aromatic ring is 1. The van der Waals surface area contributed by atoms with Crippen molar-refractivity contribution < 1.29 is 9.53 Å². The monoisotopic (exact) mass is 287 g/mol. The number of carbonyl (C=O) groups excluding carboxylic acids is 1. The van der Waals surface area contributed by atoms with Crippen molar-refractivity contribution in [1.82, 2.24) is 0 Å². The number of aryl methyl sites for hydroxylation is 2. The van der Waals surface area contributed by atoms with Gasteiger partial charge in [0.1, 0.15) is 0 Å². The number of hydrogen-bond acceptors (Lipinski definition) is 4. The molecule has 0 aromatic heterocycles. The zero-order chi connectivity index (χ0) is 14.7. The first-order valence-electron chi connectivity index (χ1n) is 6.24. The van der Waals surface area contributed by atoms with E-state index in [0.717, 1.165) is 9.79 Å². The molecule has 2 N–H and O–H groups in total. The van der Waals surface area contributed by atoms with Crippen LogP contribution >= 0.6 is 11.8 Å². The maximum atomic E-state index is 11.8. The Morgan fingerprint density at radius 3 is 2.55 bits per heavy atom. The van der Waals surface area contributed by atoms with Crippen LogP contribution in [0.4, 0.5) is 5.69 Å². The molecule has 0 amide bonds. The zero-order valence-corrected chi connectivity index (χ0v) is 12.6. The minimum Gasteiger partial charge on any atom is -0.465 e. The molecule has 0 atom stereocenters. The fraction of sp³-hybridized carbons (Fsp3) is 0.188. The van der Waals surface area contributed by atoms with Crippen molar-refractivity contribution in [2.45, 2.75) is 23.6 Å². The molecule has 2 aromatic rings. The summed E-state index contributed by atoms with van der Waals surface area (Å²) < 4.78 is 4.82. The van der Waals surface area contributed by atoms with Crippen molar-refractivity contribution >= 4 is 23.4 Å². The van der Waals surface area contributed by atoms with Gasteiger partial charge in [0.15, 0.2) is 0 Å². The lowest BCUT2D eigenvalue weighted by molar-refractivity contribution is 0.0597. The van der Waals surface area contributed by atoms with Gasteiger partial charge < -0.3 is 10.5 Å². The maximum Gasteiger partial charge on any atom is 0.339 e.